The molecule has 1 aromatic heterocycles. The third-order valence-electron chi connectivity index (χ3n) is 0.957. The Morgan fingerprint density at radius 3 is 2.73 bits per heavy atom. The summed E-state index contributed by atoms with van der Waals surface area (Å²) in [6.07, 6.45) is 0. The van der Waals surface area contributed by atoms with Crippen LogP contribution in [0.4, 0.5) is 17.6 Å². The summed E-state index contributed by atoms with van der Waals surface area (Å²) in [5.41, 5.74) is 13.1. The SMILES string of the molecule is C=NNc1cc(N)nc(N)n1. The van der Waals surface area contributed by atoms with E-state index in [0.717, 1.165) is 0 Å². The first-order chi connectivity index (χ1) is 5.22. The largest absolute Gasteiger partial charge is 0.383 e. The van der Waals surface area contributed by atoms with Gasteiger partial charge in [-0.3, -0.25) is 5.43 Å². The molecule has 6 heteroatoms. The minimum absolute atomic E-state index is 0.108. The van der Waals surface area contributed by atoms with E-state index in [1.54, 1.807) is 0 Å². The molecule has 11 heavy (non-hydrogen) atoms. The molecule has 0 aromatic carbocycles. The van der Waals surface area contributed by atoms with Gasteiger partial charge < -0.3 is 11.5 Å². The molecule has 1 heterocycles. The maximum Gasteiger partial charge on any atom is 0.223 e. The molecule has 0 aliphatic rings. The second-order valence-corrected chi connectivity index (χ2v) is 1.81. The molecule has 1 aromatic rings. The summed E-state index contributed by atoms with van der Waals surface area (Å²) >= 11 is 0. The number of nitrogens with zero attached hydrogens (tertiary/aromatic N) is 3. The molecule has 1 rings (SSSR count). The number of hydrazone groups is 1. The van der Waals surface area contributed by atoms with Crippen LogP contribution in [0.3, 0.4) is 0 Å². The highest BCUT2D eigenvalue weighted by Gasteiger charge is 1.96. The van der Waals surface area contributed by atoms with E-state index in [0.29, 0.717) is 11.6 Å². The van der Waals surface area contributed by atoms with Crippen molar-refractivity contribution >= 4 is 24.3 Å². The Hall–Kier alpha value is -1.85. The number of rotatable bonds is 2. The van der Waals surface area contributed by atoms with E-state index in [2.05, 4.69) is 27.2 Å². The van der Waals surface area contributed by atoms with Crippen molar-refractivity contribution in [3.63, 3.8) is 0 Å². The Balaban J connectivity index is 2.98. The number of nitrogens with two attached hydrogens (primary N) is 2. The summed E-state index contributed by atoms with van der Waals surface area (Å²) < 4.78 is 0. The van der Waals surface area contributed by atoms with Crippen LogP contribution in [0.1, 0.15) is 0 Å². The van der Waals surface area contributed by atoms with Crippen LogP contribution in [0.25, 0.3) is 0 Å². The van der Waals surface area contributed by atoms with Crippen molar-refractivity contribution in [1.29, 1.82) is 0 Å². The average Bonchev–Trinajstić information content (AvgIpc) is 1.85. The molecule has 0 unspecified atom stereocenters. The predicted molar refractivity (Wildman–Crippen MR) is 44.0 cm³/mol. The van der Waals surface area contributed by atoms with E-state index in [1.165, 1.54) is 6.07 Å². The van der Waals surface area contributed by atoms with Gasteiger partial charge in [-0.1, -0.05) is 0 Å². The van der Waals surface area contributed by atoms with Crippen molar-refractivity contribution in [3.05, 3.63) is 6.07 Å². The monoisotopic (exact) mass is 152 g/mol. The lowest BCUT2D eigenvalue weighted by Crippen LogP contribution is -2.02. The molecule has 0 bridgehead atoms. The van der Waals surface area contributed by atoms with Crippen molar-refractivity contribution in [2.75, 3.05) is 16.9 Å². The summed E-state index contributed by atoms with van der Waals surface area (Å²) in [6.45, 7) is 3.21. The van der Waals surface area contributed by atoms with Crippen molar-refractivity contribution in [1.82, 2.24) is 9.97 Å². The zero-order valence-corrected chi connectivity index (χ0v) is 5.78. The average molecular weight is 152 g/mol. The quantitative estimate of drug-likeness (QED) is 0.397. The number of hydrogen-bond donors (Lipinski definition) is 3. The number of hydrogen-bond acceptors (Lipinski definition) is 6. The smallest absolute Gasteiger partial charge is 0.223 e. The van der Waals surface area contributed by atoms with E-state index in [9.17, 15) is 0 Å². The molecular weight excluding hydrogens is 144 g/mol. The standard InChI is InChI=1S/C5H8N6/c1-8-11-4-2-3(6)9-5(7)10-4/h2H,1H2,(H5,6,7,9,10,11). The molecule has 5 N–H and O–H groups in total. The van der Waals surface area contributed by atoms with Crippen LogP contribution in [0, 0.1) is 0 Å². The highest BCUT2D eigenvalue weighted by molar-refractivity contribution is 5.48. The Morgan fingerprint density at radius 1 is 1.45 bits per heavy atom. The van der Waals surface area contributed by atoms with Crippen molar-refractivity contribution in [3.8, 4) is 0 Å². The topological polar surface area (TPSA) is 102 Å². The first-order valence-corrected chi connectivity index (χ1v) is 2.84. The number of nitrogen functional groups attached to an aromatic ring is 2. The lowest BCUT2D eigenvalue weighted by atomic mass is 10.5. The van der Waals surface area contributed by atoms with Crippen molar-refractivity contribution in [2.24, 2.45) is 5.10 Å². The molecule has 6 nitrogen and oxygen atoms in total. The summed E-state index contributed by atoms with van der Waals surface area (Å²) in [7, 11) is 0. The van der Waals surface area contributed by atoms with Gasteiger partial charge in [0.25, 0.3) is 0 Å². The van der Waals surface area contributed by atoms with Crippen molar-refractivity contribution in [2.45, 2.75) is 0 Å². The van der Waals surface area contributed by atoms with Gasteiger partial charge in [0, 0.05) is 12.8 Å². The van der Waals surface area contributed by atoms with Gasteiger partial charge in [-0.2, -0.15) is 15.1 Å². The summed E-state index contributed by atoms with van der Waals surface area (Å²) in [5.74, 6) is 0.838. The fourth-order valence-electron chi connectivity index (χ4n) is 0.624. The first kappa shape index (κ1) is 7.26. The molecule has 0 radical (unpaired) electrons. The zero-order chi connectivity index (χ0) is 8.27. The maximum atomic E-state index is 5.36. The van der Waals surface area contributed by atoms with Crippen LogP contribution >= 0.6 is 0 Å². The summed E-state index contributed by atoms with van der Waals surface area (Å²) in [5, 5.41) is 3.39. The normalized spacial score (nSPS) is 9.09. The van der Waals surface area contributed by atoms with Crippen LogP contribution in [0.2, 0.25) is 0 Å². The molecule has 0 amide bonds. The minimum atomic E-state index is 0.108. The second-order valence-electron chi connectivity index (χ2n) is 1.81. The number of anilines is 3. The van der Waals surface area contributed by atoms with Gasteiger partial charge in [0.15, 0.2) is 5.82 Å². The van der Waals surface area contributed by atoms with Gasteiger partial charge in [0.05, 0.1) is 0 Å². The van der Waals surface area contributed by atoms with E-state index >= 15 is 0 Å². The molecule has 0 atom stereocenters. The van der Waals surface area contributed by atoms with Crippen LogP contribution in [-0.4, -0.2) is 16.7 Å². The zero-order valence-electron chi connectivity index (χ0n) is 5.78. The summed E-state index contributed by atoms with van der Waals surface area (Å²) in [6, 6.07) is 1.50. The lowest BCUT2D eigenvalue weighted by molar-refractivity contribution is 1.16. The van der Waals surface area contributed by atoms with Crippen LogP contribution in [-0.2, 0) is 0 Å². The fraction of sp³-hybridized carbons (Fsp3) is 0. The molecular formula is C5H8N6. The van der Waals surface area contributed by atoms with Gasteiger partial charge in [-0.15, -0.1) is 0 Å². The highest BCUT2D eigenvalue weighted by atomic mass is 15.3. The molecule has 0 saturated carbocycles. The maximum absolute atomic E-state index is 5.36. The lowest BCUT2D eigenvalue weighted by Gasteiger charge is -1.99. The third-order valence-corrected chi connectivity index (χ3v) is 0.957. The van der Waals surface area contributed by atoms with Crippen LogP contribution in [0.5, 0.6) is 0 Å². The molecule has 0 aliphatic carbocycles. The van der Waals surface area contributed by atoms with E-state index in [1.807, 2.05) is 0 Å². The fourth-order valence-corrected chi connectivity index (χ4v) is 0.624. The minimum Gasteiger partial charge on any atom is -0.383 e. The second kappa shape index (κ2) is 2.82. The van der Waals surface area contributed by atoms with Gasteiger partial charge in [-0.05, 0) is 0 Å². The Kier molecular flexibility index (Phi) is 1.86. The number of nitrogens with one attached hydrogen (secondary N) is 1. The number of aromatic nitrogens is 2. The first-order valence-electron chi connectivity index (χ1n) is 2.84. The van der Waals surface area contributed by atoms with Gasteiger partial charge in [0.1, 0.15) is 5.82 Å². The van der Waals surface area contributed by atoms with Crippen LogP contribution < -0.4 is 16.9 Å². The molecule has 0 spiro atoms. The summed E-state index contributed by atoms with van der Waals surface area (Å²) in [4.78, 5) is 7.42. The van der Waals surface area contributed by atoms with E-state index < -0.39 is 0 Å². The van der Waals surface area contributed by atoms with Crippen molar-refractivity contribution < 1.29 is 0 Å². The Labute approximate surface area is 63.3 Å². The molecule has 0 saturated heterocycles. The van der Waals surface area contributed by atoms with Gasteiger partial charge in [0.2, 0.25) is 5.95 Å². The molecule has 58 valence electrons. The molecule has 0 aliphatic heterocycles. The highest BCUT2D eigenvalue weighted by Crippen LogP contribution is 2.08. The molecule has 0 fully saturated rings. The van der Waals surface area contributed by atoms with Gasteiger partial charge >= 0.3 is 0 Å². The Morgan fingerprint density at radius 2 is 2.18 bits per heavy atom. The van der Waals surface area contributed by atoms with E-state index in [-0.39, 0.29) is 5.95 Å². The van der Waals surface area contributed by atoms with E-state index in [4.69, 9.17) is 11.5 Å². The van der Waals surface area contributed by atoms with Crippen LogP contribution in [0.15, 0.2) is 11.2 Å². The van der Waals surface area contributed by atoms with Gasteiger partial charge in [-0.25, -0.2) is 0 Å². The Bertz CT molecular complexity index is 249. The predicted octanol–water partition coefficient (Wildman–Crippen LogP) is -0.332. The third kappa shape index (κ3) is 1.78.